The second kappa shape index (κ2) is 17.7. The summed E-state index contributed by atoms with van der Waals surface area (Å²) in [7, 11) is 0. The molecule has 288 valence electrons. The molecule has 2 heterocycles. The average Bonchev–Trinajstić information content (AvgIpc) is 3.76. The topological polar surface area (TPSA) is 43.2 Å². The third-order valence-corrected chi connectivity index (χ3v) is 12.9. The van der Waals surface area contributed by atoms with Crippen LogP contribution in [0.2, 0.25) is 0 Å². The van der Waals surface area contributed by atoms with Crippen LogP contribution in [-0.2, 0) is 36.3 Å². The summed E-state index contributed by atoms with van der Waals surface area (Å²) >= 11 is 7.85. The number of hydrogen-bond acceptors (Lipinski definition) is 4. The van der Waals surface area contributed by atoms with E-state index in [0.717, 1.165) is 22.4 Å². The molecule has 0 bridgehead atoms. The maximum absolute atomic E-state index is 6.81. The molecule has 0 spiro atoms. The van der Waals surface area contributed by atoms with Gasteiger partial charge in [0.25, 0.3) is 0 Å². The molecule has 8 rings (SSSR count). The molecule has 5 atom stereocenters. The van der Waals surface area contributed by atoms with E-state index >= 15 is 0 Å². The molecule has 5 aromatic carbocycles. The van der Waals surface area contributed by atoms with Gasteiger partial charge in [0.1, 0.15) is 12.2 Å². The van der Waals surface area contributed by atoms with Crippen molar-refractivity contribution in [3.05, 3.63) is 188 Å². The van der Waals surface area contributed by atoms with Gasteiger partial charge < -0.3 is 9.47 Å². The van der Waals surface area contributed by atoms with E-state index in [9.17, 15) is 0 Å². The molecule has 56 heavy (non-hydrogen) atoms. The number of alkyl halides is 1. The summed E-state index contributed by atoms with van der Waals surface area (Å²) in [5.74, 6) is 1.33. The summed E-state index contributed by atoms with van der Waals surface area (Å²) in [4.78, 5) is 11.8. The zero-order valence-electron chi connectivity index (χ0n) is 32.0. The monoisotopic (exact) mass is 957 g/mol. The average molecular weight is 960 g/mol. The molecular formula is C49H45Br2N2O2Pd-. The van der Waals surface area contributed by atoms with Gasteiger partial charge in [0.05, 0.1) is 18.5 Å². The molecule has 3 aliphatic rings. The van der Waals surface area contributed by atoms with Crippen molar-refractivity contribution in [3.63, 3.8) is 0 Å². The van der Waals surface area contributed by atoms with Crippen LogP contribution < -0.4 is 0 Å². The van der Waals surface area contributed by atoms with Crippen molar-refractivity contribution in [2.75, 3.05) is 0 Å². The molecule has 0 amide bonds. The van der Waals surface area contributed by atoms with Crippen molar-refractivity contribution in [3.8, 4) is 11.1 Å². The van der Waals surface area contributed by atoms with E-state index in [2.05, 4.69) is 193 Å². The van der Waals surface area contributed by atoms with Gasteiger partial charge in [-0.1, -0.05) is 166 Å². The van der Waals surface area contributed by atoms with Crippen LogP contribution in [0.15, 0.2) is 149 Å². The molecule has 4 nitrogen and oxygen atoms in total. The Morgan fingerprint density at radius 2 is 1.07 bits per heavy atom. The molecule has 5 aromatic rings. The maximum atomic E-state index is 6.81. The van der Waals surface area contributed by atoms with E-state index in [1.54, 1.807) is 0 Å². The number of aryl methyl sites for hydroxylation is 4. The number of rotatable bonds is 10. The Morgan fingerprint density at radius 3 is 1.64 bits per heavy atom. The molecule has 0 saturated carbocycles. The first-order valence-electron chi connectivity index (χ1n) is 19.1. The normalized spacial score (nSPS) is 21.6. The molecule has 2 aliphatic heterocycles. The first kappa shape index (κ1) is 40.2. The van der Waals surface area contributed by atoms with E-state index in [1.807, 2.05) is 0 Å². The van der Waals surface area contributed by atoms with Crippen LogP contribution in [0.25, 0.3) is 16.7 Å². The van der Waals surface area contributed by atoms with E-state index in [-0.39, 0.29) is 49.5 Å². The predicted octanol–water partition coefficient (Wildman–Crippen LogP) is 12.7. The van der Waals surface area contributed by atoms with Gasteiger partial charge in [-0.15, -0.1) is 10.4 Å². The predicted molar refractivity (Wildman–Crippen MR) is 234 cm³/mol. The molecule has 7 heteroatoms. The van der Waals surface area contributed by atoms with Crippen molar-refractivity contribution in [2.24, 2.45) is 9.98 Å². The molecule has 0 saturated heterocycles. The second-order valence-corrected chi connectivity index (χ2v) is 17.0. The summed E-state index contributed by atoms with van der Waals surface area (Å²) in [6, 6.07) is 43.2. The van der Waals surface area contributed by atoms with E-state index in [0.29, 0.717) is 24.6 Å². The molecule has 0 fully saturated rings. The minimum absolute atomic E-state index is 0. The van der Waals surface area contributed by atoms with E-state index < -0.39 is 0 Å². The van der Waals surface area contributed by atoms with Gasteiger partial charge in [0.15, 0.2) is 11.8 Å². The zero-order chi connectivity index (χ0) is 38.1. The number of nitrogens with zero attached hydrogens (tertiary/aromatic N) is 2. The fourth-order valence-corrected chi connectivity index (χ4v) is 8.93. The van der Waals surface area contributed by atoms with E-state index in [4.69, 9.17) is 19.5 Å². The molecular weight excluding hydrogens is 915 g/mol. The number of benzene rings is 5. The number of aliphatic imine (C=N–C) groups is 2. The first-order chi connectivity index (χ1) is 26.6. The molecule has 1 aliphatic carbocycles. The Bertz CT molecular complexity index is 2350. The van der Waals surface area contributed by atoms with Crippen molar-refractivity contribution in [1.29, 1.82) is 0 Å². The van der Waals surface area contributed by atoms with Gasteiger partial charge in [0.2, 0.25) is 0 Å². The molecule has 0 aromatic heterocycles. The third-order valence-electron chi connectivity index (χ3n) is 10.6. The Hall–Kier alpha value is -3.99. The van der Waals surface area contributed by atoms with Crippen LogP contribution in [0.4, 0.5) is 0 Å². The SMILES string of the molecule is Cc1cccc(C2=CC(Br)[C-](Br)C(C[C@H]3N=C(CC4=N[C@H](Cc5cccc(-c6cccc(C)c6)c5)C(c5cccc(C)c5)O4)OC3c3cccc(C)c3)=C2)c1.[Pd]. The summed E-state index contributed by atoms with van der Waals surface area (Å²) in [5, 5.41) is 0. The van der Waals surface area contributed by atoms with Gasteiger partial charge in [-0.3, -0.25) is 0 Å². The van der Waals surface area contributed by atoms with Crippen molar-refractivity contribution >= 4 is 49.2 Å². The zero-order valence-corrected chi connectivity index (χ0v) is 36.7. The van der Waals surface area contributed by atoms with Crippen LogP contribution in [0.3, 0.4) is 0 Å². The van der Waals surface area contributed by atoms with Crippen molar-refractivity contribution in [1.82, 2.24) is 0 Å². The first-order valence-corrected chi connectivity index (χ1v) is 20.8. The quantitative estimate of drug-likeness (QED) is 0.0795. The Kier molecular flexibility index (Phi) is 12.7. The van der Waals surface area contributed by atoms with Crippen LogP contribution in [0.1, 0.15) is 69.6 Å². The number of halogens is 2. The third kappa shape index (κ3) is 9.24. The number of ether oxygens (including phenoxy) is 2. The van der Waals surface area contributed by atoms with Gasteiger partial charge in [-0.2, -0.15) is 27.6 Å². The summed E-state index contributed by atoms with van der Waals surface area (Å²) in [6.07, 6.45) is 6.00. The summed E-state index contributed by atoms with van der Waals surface area (Å²) < 4.78 is 13.6. The smallest absolute Gasteiger partial charge is 0.193 e. The van der Waals surface area contributed by atoms with E-state index in [1.165, 1.54) is 55.7 Å². The number of hydrogen-bond donors (Lipinski definition) is 0. The van der Waals surface area contributed by atoms with Crippen molar-refractivity contribution in [2.45, 2.75) is 76.1 Å². The van der Waals surface area contributed by atoms with Crippen molar-refractivity contribution < 1.29 is 29.9 Å². The molecule has 0 N–H and O–H groups in total. The minimum atomic E-state index is -0.229. The molecule has 3 unspecified atom stereocenters. The largest absolute Gasteiger partial charge is 0.470 e. The van der Waals surface area contributed by atoms with Gasteiger partial charge in [0, 0.05) is 20.4 Å². The minimum Gasteiger partial charge on any atom is -0.470 e. The number of allylic oxidation sites excluding steroid dienone is 3. The van der Waals surface area contributed by atoms with Crippen LogP contribution in [0.5, 0.6) is 0 Å². The fraction of sp³-hybridized carbons (Fsp3) is 0.245. The van der Waals surface area contributed by atoms with Crippen LogP contribution >= 0.6 is 31.9 Å². The Morgan fingerprint density at radius 1 is 0.589 bits per heavy atom. The maximum Gasteiger partial charge on any atom is 0.193 e. The Balaban J connectivity index is 0.00000480. The fourth-order valence-electron chi connectivity index (χ4n) is 7.94. The van der Waals surface area contributed by atoms with Gasteiger partial charge in [-0.25, -0.2) is 9.98 Å². The van der Waals surface area contributed by atoms with Gasteiger partial charge >= 0.3 is 0 Å². The second-order valence-electron chi connectivity index (χ2n) is 15.2. The van der Waals surface area contributed by atoms with Gasteiger partial charge in [-0.05, 0) is 78.7 Å². The Labute approximate surface area is 362 Å². The van der Waals surface area contributed by atoms with Crippen LogP contribution in [0, 0.1) is 32.5 Å². The summed E-state index contributed by atoms with van der Waals surface area (Å²) in [5.41, 5.74) is 14.4. The van der Waals surface area contributed by atoms with Crippen LogP contribution in [-0.4, -0.2) is 28.7 Å². The molecule has 0 radical (unpaired) electrons. The standard InChI is InChI=1S/C49H45Br2N2O2.Pd/c1-30-10-5-15-35(20-30)37-17-9-14-34(24-37)25-43-48(38-18-7-12-32(3)22-38)54-45(52-43)29-46-53-44(49(55-46)39-19-8-13-33(4)23-39)28-41-26-40(27-42(50)47(41)51)36-16-6-11-31(2)21-36;/h5-24,26-27,42-44,48-49H,25,28-29H2,1-4H3;/q-1;/t42?,43-,44-,48?,49?;/m1./s1. The summed E-state index contributed by atoms with van der Waals surface area (Å²) in [6.45, 7) is 8.53.